The standard InChI is InChI=1S/C23H27N3O2S/c1-22(2,3)16-11-14(12-17(19(16)27)23(4,5)6)13-24-26-20(28)15-9-7-8-10-18(15)25-21(26)29/h7-13,27H,1-6H3,(H,25,29)/b24-13+. The summed E-state index contributed by atoms with van der Waals surface area (Å²) in [5, 5.41) is 15.7. The molecule has 152 valence electrons. The highest BCUT2D eigenvalue weighted by molar-refractivity contribution is 7.71. The molecule has 0 atom stereocenters. The summed E-state index contributed by atoms with van der Waals surface area (Å²) in [7, 11) is 0. The first-order chi connectivity index (χ1) is 13.4. The summed E-state index contributed by atoms with van der Waals surface area (Å²) in [6.45, 7) is 12.3. The van der Waals surface area contributed by atoms with Crippen LogP contribution in [0.5, 0.6) is 5.75 Å². The Hall–Kier alpha value is -2.73. The molecule has 0 amide bonds. The molecule has 2 N–H and O–H groups in total. The van der Waals surface area contributed by atoms with Gasteiger partial charge in [0.2, 0.25) is 4.77 Å². The zero-order chi connectivity index (χ0) is 21.6. The van der Waals surface area contributed by atoms with E-state index in [4.69, 9.17) is 12.2 Å². The van der Waals surface area contributed by atoms with Crippen molar-refractivity contribution in [3.8, 4) is 5.75 Å². The van der Waals surface area contributed by atoms with Gasteiger partial charge in [-0.25, -0.2) is 0 Å². The number of aromatic amines is 1. The van der Waals surface area contributed by atoms with E-state index >= 15 is 0 Å². The molecule has 0 radical (unpaired) electrons. The van der Waals surface area contributed by atoms with Crippen LogP contribution in [0.3, 0.4) is 0 Å². The van der Waals surface area contributed by atoms with Gasteiger partial charge in [0.1, 0.15) is 5.75 Å². The Bertz CT molecular complexity index is 1190. The number of para-hydroxylation sites is 1. The van der Waals surface area contributed by atoms with Crippen molar-refractivity contribution in [2.45, 2.75) is 52.4 Å². The number of aromatic nitrogens is 2. The number of benzene rings is 2. The van der Waals surface area contributed by atoms with Gasteiger partial charge < -0.3 is 10.1 Å². The summed E-state index contributed by atoms with van der Waals surface area (Å²) in [6, 6.07) is 11.0. The van der Waals surface area contributed by atoms with Crippen molar-refractivity contribution in [2.24, 2.45) is 5.10 Å². The Morgan fingerprint density at radius 3 is 2.14 bits per heavy atom. The van der Waals surface area contributed by atoms with Crippen LogP contribution >= 0.6 is 12.2 Å². The van der Waals surface area contributed by atoms with Crippen molar-refractivity contribution in [3.05, 3.63) is 68.2 Å². The quantitative estimate of drug-likeness (QED) is 0.449. The Morgan fingerprint density at radius 1 is 1.03 bits per heavy atom. The average Bonchev–Trinajstić information content (AvgIpc) is 2.60. The molecular weight excluding hydrogens is 382 g/mol. The van der Waals surface area contributed by atoms with Crippen molar-refractivity contribution in [3.63, 3.8) is 0 Å². The van der Waals surface area contributed by atoms with Crippen molar-refractivity contribution in [2.75, 3.05) is 0 Å². The summed E-state index contributed by atoms with van der Waals surface area (Å²) >= 11 is 5.33. The number of nitrogens with one attached hydrogen (secondary N) is 1. The second-order valence-corrected chi connectivity index (χ2v) is 9.69. The predicted octanol–water partition coefficient (Wildman–Crippen LogP) is 5.24. The highest BCUT2D eigenvalue weighted by atomic mass is 32.1. The van der Waals surface area contributed by atoms with Crippen LogP contribution in [0.2, 0.25) is 0 Å². The minimum absolute atomic E-state index is 0.232. The molecule has 5 nitrogen and oxygen atoms in total. The maximum Gasteiger partial charge on any atom is 0.282 e. The van der Waals surface area contributed by atoms with Crippen LogP contribution in [0, 0.1) is 4.77 Å². The summed E-state index contributed by atoms with van der Waals surface area (Å²) in [6.07, 6.45) is 1.61. The van der Waals surface area contributed by atoms with Crippen molar-refractivity contribution in [1.82, 2.24) is 9.66 Å². The summed E-state index contributed by atoms with van der Waals surface area (Å²) in [5.41, 5.74) is 2.39. The van der Waals surface area contributed by atoms with E-state index in [0.29, 0.717) is 16.7 Å². The molecular formula is C23H27N3O2S. The maximum absolute atomic E-state index is 12.8. The van der Waals surface area contributed by atoms with Crippen LogP contribution < -0.4 is 5.56 Å². The third kappa shape index (κ3) is 4.17. The van der Waals surface area contributed by atoms with E-state index in [2.05, 4.69) is 51.6 Å². The molecule has 3 rings (SSSR count). The first kappa shape index (κ1) is 21.0. The first-order valence-corrected chi connectivity index (χ1v) is 9.97. The van der Waals surface area contributed by atoms with Crippen molar-refractivity contribution >= 4 is 29.3 Å². The predicted molar refractivity (Wildman–Crippen MR) is 122 cm³/mol. The number of H-pyrrole nitrogens is 1. The lowest BCUT2D eigenvalue weighted by molar-refractivity contribution is 0.423. The molecule has 0 aliphatic carbocycles. The number of fused-ring (bicyclic) bond motifs is 1. The Morgan fingerprint density at radius 2 is 1.59 bits per heavy atom. The van der Waals surface area contributed by atoms with Gasteiger partial charge >= 0.3 is 0 Å². The molecule has 0 bridgehead atoms. The van der Waals surface area contributed by atoms with Gasteiger partial charge in [-0.1, -0.05) is 53.7 Å². The van der Waals surface area contributed by atoms with E-state index in [1.165, 1.54) is 4.68 Å². The summed E-state index contributed by atoms with van der Waals surface area (Å²) in [4.78, 5) is 15.8. The minimum atomic E-state index is -0.272. The van der Waals surface area contributed by atoms with E-state index in [9.17, 15) is 9.90 Å². The zero-order valence-electron chi connectivity index (χ0n) is 17.7. The number of aromatic hydroxyl groups is 1. The van der Waals surface area contributed by atoms with E-state index in [-0.39, 0.29) is 21.2 Å². The summed E-state index contributed by atoms with van der Waals surface area (Å²) in [5.74, 6) is 0.308. The van der Waals surface area contributed by atoms with E-state index < -0.39 is 0 Å². The molecule has 1 heterocycles. The largest absolute Gasteiger partial charge is 0.507 e. The molecule has 0 aliphatic rings. The maximum atomic E-state index is 12.8. The van der Waals surface area contributed by atoms with Gasteiger partial charge in [-0.3, -0.25) is 4.79 Å². The number of hydrogen-bond acceptors (Lipinski definition) is 4. The molecule has 6 heteroatoms. The Kier molecular flexibility index (Phi) is 5.26. The SMILES string of the molecule is CC(C)(C)c1cc(/C=N/n2c(=S)[nH]c3ccccc3c2=O)cc(C(C)(C)C)c1O. The van der Waals surface area contributed by atoms with Gasteiger partial charge in [0.25, 0.3) is 5.56 Å². The van der Waals surface area contributed by atoms with Crippen LogP contribution in [-0.4, -0.2) is 21.0 Å². The second-order valence-electron chi connectivity index (χ2n) is 9.30. The van der Waals surface area contributed by atoms with Gasteiger partial charge in [-0.2, -0.15) is 9.78 Å². The third-order valence-electron chi connectivity index (χ3n) is 4.85. The first-order valence-electron chi connectivity index (χ1n) is 9.56. The van der Waals surface area contributed by atoms with Crippen LogP contribution in [0.4, 0.5) is 0 Å². The molecule has 0 aliphatic heterocycles. The fraction of sp³-hybridized carbons (Fsp3) is 0.348. The lowest BCUT2D eigenvalue weighted by Crippen LogP contribution is -2.19. The topological polar surface area (TPSA) is 70.4 Å². The summed E-state index contributed by atoms with van der Waals surface area (Å²) < 4.78 is 1.42. The Balaban J connectivity index is 2.18. The van der Waals surface area contributed by atoms with E-state index in [0.717, 1.165) is 16.7 Å². The highest BCUT2D eigenvalue weighted by Crippen LogP contribution is 2.39. The number of rotatable bonds is 2. The molecule has 0 fully saturated rings. The van der Waals surface area contributed by atoms with E-state index in [1.54, 1.807) is 18.3 Å². The number of phenols is 1. The van der Waals surface area contributed by atoms with Gasteiger partial charge in [-0.15, -0.1) is 0 Å². The lowest BCUT2D eigenvalue weighted by atomic mass is 9.78. The van der Waals surface area contributed by atoms with Crippen LogP contribution in [0.15, 0.2) is 46.3 Å². The fourth-order valence-corrected chi connectivity index (χ4v) is 3.50. The van der Waals surface area contributed by atoms with Crippen molar-refractivity contribution < 1.29 is 5.11 Å². The van der Waals surface area contributed by atoms with Gasteiger partial charge in [0, 0.05) is 11.1 Å². The molecule has 0 spiro atoms. The highest BCUT2D eigenvalue weighted by Gasteiger charge is 2.26. The molecule has 29 heavy (non-hydrogen) atoms. The lowest BCUT2D eigenvalue weighted by Gasteiger charge is -2.27. The minimum Gasteiger partial charge on any atom is -0.507 e. The van der Waals surface area contributed by atoms with Crippen LogP contribution in [0.25, 0.3) is 10.9 Å². The zero-order valence-corrected chi connectivity index (χ0v) is 18.5. The molecule has 2 aromatic carbocycles. The van der Waals surface area contributed by atoms with Crippen LogP contribution in [-0.2, 0) is 10.8 Å². The second kappa shape index (κ2) is 7.26. The number of hydrogen-bond donors (Lipinski definition) is 2. The van der Waals surface area contributed by atoms with Gasteiger partial charge in [-0.05, 0) is 52.9 Å². The smallest absolute Gasteiger partial charge is 0.282 e. The Labute approximate surface area is 175 Å². The van der Waals surface area contributed by atoms with Gasteiger partial charge in [0.15, 0.2) is 0 Å². The average molecular weight is 410 g/mol. The fourth-order valence-electron chi connectivity index (χ4n) is 3.26. The monoisotopic (exact) mass is 409 g/mol. The van der Waals surface area contributed by atoms with E-state index in [1.807, 2.05) is 24.3 Å². The third-order valence-corrected chi connectivity index (χ3v) is 5.13. The molecule has 3 aromatic rings. The number of phenolic OH excluding ortho intramolecular Hbond substituents is 1. The molecule has 1 aromatic heterocycles. The molecule has 0 unspecified atom stereocenters. The molecule has 0 saturated heterocycles. The number of nitrogens with zero attached hydrogens (tertiary/aromatic N) is 2. The van der Waals surface area contributed by atoms with Crippen LogP contribution in [0.1, 0.15) is 58.2 Å². The van der Waals surface area contributed by atoms with Crippen molar-refractivity contribution in [1.29, 1.82) is 0 Å². The molecule has 0 saturated carbocycles. The van der Waals surface area contributed by atoms with Gasteiger partial charge in [0.05, 0.1) is 17.1 Å². The normalized spacial score (nSPS) is 12.8.